The zero-order chi connectivity index (χ0) is 16.4. The van der Waals surface area contributed by atoms with Crippen LogP contribution in [0.4, 0.5) is 0 Å². The molecule has 0 unspecified atom stereocenters. The van der Waals surface area contributed by atoms with E-state index in [-0.39, 0.29) is 0 Å². The second-order valence-electron chi connectivity index (χ2n) is 5.69. The predicted octanol–water partition coefficient (Wildman–Crippen LogP) is 5.01. The molecule has 0 radical (unpaired) electrons. The fraction of sp³-hybridized carbons (Fsp3) is 1.00. The van der Waals surface area contributed by atoms with Crippen molar-refractivity contribution in [2.24, 2.45) is 0 Å². The smallest absolute Gasteiger partial charge is 0.264 e. The molecule has 0 aromatic carbocycles. The summed E-state index contributed by atoms with van der Waals surface area (Å²) < 4.78 is 33.1. The average molecular weight is 332 g/mol. The first kappa shape index (κ1) is 24.1. The van der Waals surface area contributed by atoms with E-state index in [2.05, 4.69) is 6.92 Å². The van der Waals surface area contributed by atoms with Crippen molar-refractivity contribution in [1.82, 2.24) is 0 Å². The Kier molecular flexibility index (Phi) is 21.7. The van der Waals surface area contributed by atoms with Crippen molar-refractivity contribution in [2.75, 3.05) is 0 Å². The first-order chi connectivity index (χ1) is 9.91. The van der Waals surface area contributed by atoms with Gasteiger partial charge in [-0.15, -0.1) is 0 Å². The van der Waals surface area contributed by atoms with Crippen LogP contribution in [0.3, 0.4) is 0 Å². The van der Waals surface area contributed by atoms with Gasteiger partial charge in [0.15, 0.2) is 0 Å². The van der Waals surface area contributed by atoms with Gasteiger partial charge in [0, 0.05) is 0 Å². The van der Waals surface area contributed by atoms with Gasteiger partial charge in [-0.05, 0) is 0 Å². The van der Waals surface area contributed by atoms with Gasteiger partial charge in [-0.25, -0.2) is 0 Å². The van der Waals surface area contributed by atoms with E-state index in [1.807, 2.05) is 0 Å². The molecule has 0 rings (SSSR count). The molecule has 0 aliphatic heterocycles. The van der Waals surface area contributed by atoms with E-state index in [1.165, 1.54) is 115 Å². The van der Waals surface area contributed by atoms with Crippen LogP contribution in [0.15, 0.2) is 0 Å². The molecular formula is C15H33NaO4S. The van der Waals surface area contributed by atoms with Crippen LogP contribution in [0.1, 0.15) is 90.4 Å². The van der Waals surface area contributed by atoms with Crippen LogP contribution in [0, 0.1) is 0 Å². The molecule has 2 N–H and O–H groups in total. The minimum absolute atomic E-state index is 1.38. The number of hydrogen-bond acceptors (Lipinski definition) is 2. The molecule has 0 saturated carbocycles. The Morgan fingerprint density at radius 3 is 1.14 bits per heavy atom. The summed E-state index contributed by atoms with van der Waals surface area (Å²) in [6, 6.07) is 0. The molecule has 124 valence electrons. The van der Waals surface area contributed by atoms with E-state index in [9.17, 15) is 0 Å². The van der Waals surface area contributed by atoms with Crippen LogP contribution < -0.4 is 0 Å². The molecule has 0 saturated heterocycles. The summed E-state index contributed by atoms with van der Waals surface area (Å²) in [7, 11) is -4.67. The zero-order valence-corrected chi connectivity index (χ0v) is 16.8. The fourth-order valence-corrected chi connectivity index (χ4v) is 2.77. The topological polar surface area (TPSA) is 74.6 Å². The fourth-order valence-electron chi connectivity index (χ4n) is 2.27. The largest absolute Gasteiger partial charge is 0.394 e. The Hall–Kier alpha value is 0.870. The Bertz CT molecular complexity index is 259. The van der Waals surface area contributed by atoms with Crippen molar-refractivity contribution >= 4 is 38.3 Å². The van der Waals surface area contributed by atoms with Crippen LogP contribution in [-0.2, 0) is 10.4 Å². The van der Waals surface area contributed by atoms with E-state index in [0.717, 1.165) is 0 Å². The maximum absolute atomic E-state index is 8.74. The minimum atomic E-state index is -4.67. The third kappa shape index (κ3) is 38.6. The van der Waals surface area contributed by atoms with Gasteiger partial charge < -0.3 is 0 Å². The van der Waals surface area contributed by atoms with E-state index >= 15 is 0 Å². The third-order valence-electron chi connectivity index (χ3n) is 3.46. The summed E-state index contributed by atoms with van der Waals surface area (Å²) in [5, 5.41) is 0. The summed E-state index contributed by atoms with van der Waals surface area (Å²) in [4.78, 5) is 0. The number of unbranched alkanes of at least 4 members (excludes halogenated alkanes) is 12. The zero-order valence-electron chi connectivity index (χ0n) is 14.0. The van der Waals surface area contributed by atoms with Crippen LogP contribution in [0.2, 0.25) is 3.67 Å². The van der Waals surface area contributed by atoms with Gasteiger partial charge in [-0.1, -0.05) is 19.8 Å². The summed E-state index contributed by atoms with van der Waals surface area (Å²) in [5.74, 6) is 0. The predicted molar refractivity (Wildman–Crippen MR) is 90.4 cm³/mol. The molecule has 0 aromatic heterocycles. The van der Waals surface area contributed by atoms with Crippen LogP contribution in [-0.4, -0.2) is 45.5 Å². The van der Waals surface area contributed by atoms with E-state index < -0.39 is 10.4 Å². The molecule has 0 atom stereocenters. The molecule has 0 aliphatic carbocycles. The molecule has 0 amide bonds. The second-order valence-corrected chi connectivity index (χ2v) is 7.59. The number of hydrogen-bond donors (Lipinski definition) is 2. The van der Waals surface area contributed by atoms with Crippen molar-refractivity contribution in [3.8, 4) is 0 Å². The molecule has 0 aromatic rings. The quantitative estimate of drug-likeness (QED) is 0.282. The van der Waals surface area contributed by atoms with Crippen molar-refractivity contribution in [2.45, 2.75) is 94.1 Å². The molecule has 0 heterocycles. The SMILES string of the molecule is CCCCCCCCCCCCCC[CH2][Na].O=S(=O)(O)O. The molecule has 6 heteroatoms. The van der Waals surface area contributed by atoms with E-state index in [1.54, 1.807) is 0 Å². The van der Waals surface area contributed by atoms with Crippen molar-refractivity contribution in [3.63, 3.8) is 0 Å². The first-order valence-corrected chi connectivity index (χ1v) is 11.4. The summed E-state index contributed by atoms with van der Waals surface area (Å²) >= 11 is 1.41. The van der Waals surface area contributed by atoms with Crippen molar-refractivity contribution in [3.05, 3.63) is 0 Å². The molecule has 21 heavy (non-hydrogen) atoms. The molecule has 0 aliphatic rings. The molecule has 0 spiro atoms. The Morgan fingerprint density at radius 2 is 0.905 bits per heavy atom. The molecule has 0 fully saturated rings. The van der Waals surface area contributed by atoms with Crippen LogP contribution in [0.5, 0.6) is 0 Å². The third-order valence-corrected chi connectivity index (χ3v) is 4.16. The minimum Gasteiger partial charge on any atom is -0.264 e. The van der Waals surface area contributed by atoms with Crippen molar-refractivity contribution < 1.29 is 17.5 Å². The van der Waals surface area contributed by atoms with Gasteiger partial charge >= 0.3 is 113 Å². The van der Waals surface area contributed by atoms with Gasteiger partial charge in [0.05, 0.1) is 0 Å². The van der Waals surface area contributed by atoms with Gasteiger partial charge in [-0.3, -0.25) is 9.11 Å². The van der Waals surface area contributed by atoms with Crippen LogP contribution in [0.25, 0.3) is 0 Å². The normalized spacial score (nSPS) is 11.1. The maximum atomic E-state index is 8.74. The Labute approximate surface area is 149 Å². The summed E-state index contributed by atoms with van der Waals surface area (Å²) in [5.41, 5.74) is 0. The monoisotopic (exact) mass is 332 g/mol. The summed E-state index contributed by atoms with van der Waals surface area (Å²) in [6.07, 6.45) is 19.2. The average Bonchev–Trinajstić information content (AvgIpc) is 2.38. The van der Waals surface area contributed by atoms with Gasteiger partial charge in [0.2, 0.25) is 0 Å². The second kappa shape index (κ2) is 18.9. The van der Waals surface area contributed by atoms with E-state index in [0.29, 0.717) is 0 Å². The maximum Gasteiger partial charge on any atom is 0.394 e. The molecule has 0 bridgehead atoms. The number of rotatable bonds is 13. The van der Waals surface area contributed by atoms with Crippen molar-refractivity contribution in [1.29, 1.82) is 0 Å². The molecule has 4 nitrogen and oxygen atoms in total. The first-order valence-electron chi connectivity index (χ1n) is 8.61. The van der Waals surface area contributed by atoms with E-state index in [4.69, 9.17) is 17.5 Å². The van der Waals surface area contributed by atoms with Gasteiger partial charge in [0.1, 0.15) is 0 Å². The van der Waals surface area contributed by atoms with Crippen LogP contribution >= 0.6 is 0 Å². The molecular weight excluding hydrogens is 299 g/mol. The Balaban J connectivity index is 0. The van der Waals surface area contributed by atoms with Gasteiger partial charge in [0.25, 0.3) is 0 Å². The summed E-state index contributed by atoms with van der Waals surface area (Å²) in [6.45, 7) is 2.29. The Morgan fingerprint density at radius 1 is 0.667 bits per heavy atom. The standard InChI is InChI=1S/C15H31.Na.H2O4S/c1-3-5-7-9-11-13-15-14-12-10-8-6-4-2;;1-5(2,3)4/h1,3-15H2,2H3;;(H2,1,2,3,4). The van der Waals surface area contributed by atoms with Gasteiger partial charge in [-0.2, -0.15) is 8.42 Å².